The molecule has 6 rings (SSSR count). The zero-order chi connectivity index (χ0) is 48.9. The van der Waals surface area contributed by atoms with E-state index in [2.05, 4.69) is 39.0 Å². The van der Waals surface area contributed by atoms with Crippen LogP contribution in [0.4, 0.5) is 21.9 Å². The lowest BCUT2D eigenvalue weighted by molar-refractivity contribution is -0.126. The van der Waals surface area contributed by atoms with Crippen LogP contribution in [0.15, 0.2) is 77.8 Å². The number of nitrogens with zero attached hydrogens (tertiary/aromatic N) is 4. The number of aliphatic imine (C=N–C) groups is 1. The van der Waals surface area contributed by atoms with Crippen LogP contribution < -0.4 is 39.8 Å². The number of ether oxygens (including phenoxy) is 5. The molecule has 2 saturated heterocycles. The molecule has 0 saturated carbocycles. The number of nitrogens with one attached hydrogen (secondary N) is 3. The molecule has 364 valence electrons. The zero-order valence-corrected chi connectivity index (χ0v) is 39.5. The van der Waals surface area contributed by atoms with Crippen molar-refractivity contribution >= 4 is 53.4 Å². The zero-order valence-electron chi connectivity index (χ0n) is 39.5. The fraction of sp³-hybridized carbons (Fsp3) is 0.440. The molecule has 18 heteroatoms. The minimum absolute atomic E-state index is 0.0849. The van der Waals surface area contributed by atoms with E-state index >= 15 is 0 Å². The van der Waals surface area contributed by atoms with Crippen LogP contribution >= 0.6 is 0 Å². The second kappa shape index (κ2) is 23.8. The van der Waals surface area contributed by atoms with Gasteiger partial charge >= 0.3 is 6.09 Å². The van der Waals surface area contributed by atoms with E-state index in [9.17, 15) is 29.1 Å². The molecule has 3 aromatic carbocycles. The second-order valence-electron chi connectivity index (χ2n) is 17.1. The highest BCUT2D eigenvalue weighted by Crippen LogP contribution is 2.42. The van der Waals surface area contributed by atoms with Gasteiger partial charge in [-0.15, -0.1) is 0 Å². The molecule has 0 spiro atoms. The molecule has 0 bridgehead atoms. The second-order valence-corrected chi connectivity index (χ2v) is 17.1. The molecule has 4 unspecified atom stereocenters. The summed E-state index contributed by atoms with van der Waals surface area (Å²) in [5.41, 5.74) is 4.02. The largest absolute Gasteiger partial charge is 0.493 e. The van der Waals surface area contributed by atoms with Crippen LogP contribution in [0.3, 0.4) is 0 Å². The maximum atomic E-state index is 14.1. The van der Waals surface area contributed by atoms with Gasteiger partial charge in [-0.25, -0.2) is 9.69 Å². The first kappa shape index (κ1) is 50.6. The monoisotopic (exact) mass is 937 g/mol. The molecule has 4 atom stereocenters. The van der Waals surface area contributed by atoms with Crippen molar-refractivity contribution in [2.45, 2.75) is 82.8 Å². The predicted molar refractivity (Wildman–Crippen MR) is 258 cm³/mol. The Morgan fingerprint density at radius 2 is 1.60 bits per heavy atom. The van der Waals surface area contributed by atoms with E-state index in [0.717, 1.165) is 35.3 Å². The van der Waals surface area contributed by atoms with Crippen LogP contribution in [0.1, 0.15) is 78.1 Å². The van der Waals surface area contributed by atoms with Crippen molar-refractivity contribution in [3.05, 3.63) is 89.5 Å². The lowest BCUT2D eigenvalue weighted by Crippen LogP contribution is -2.50. The fourth-order valence-electron chi connectivity index (χ4n) is 8.38. The molecule has 3 aromatic rings. The number of anilines is 2. The number of benzene rings is 3. The van der Waals surface area contributed by atoms with Crippen molar-refractivity contribution < 1.29 is 52.8 Å². The number of likely N-dealkylation sites (N-methyl/N-ethyl adjacent to an activating group) is 2. The van der Waals surface area contributed by atoms with Gasteiger partial charge in [-0.3, -0.25) is 29.1 Å². The number of aliphatic hydroxyl groups excluding tert-OH is 1. The first-order valence-corrected chi connectivity index (χ1v) is 22.8. The Hall–Kier alpha value is -6.76. The van der Waals surface area contributed by atoms with Crippen molar-refractivity contribution in [1.82, 2.24) is 20.4 Å². The van der Waals surface area contributed by atoms with Gasteiger partial charge in [-0.05, 0) is 82.4 Å². The Labute approximate surface area is 397 Å². The quantitative estimate of drug-likeness (QED) is 0.0407. The van der Waals surface area contributed by atoms with Gasteiger partial charge in [0.25, 0.3) is 5.91 Å². The summed E-state index contributed by atoms with van der Waals surface area (Å²) in [5, 5.41) is 20.2. The number of aliphatic hydroxyl groups is 1. The van der Waals surface area contributed by atoms with Crippen LogP contribution in [0, 0.1) is 0 Å². The molecular weight excluding hydrogens is 875 g/mol. The number of likely N-dealkylation sites (tertiary alicyclic amines) is 1. The molecule has 2 fully saturated rings. The predicted octanol–water partition coefficient (Wildman–Crippen LogP) is 5.80. The van der Waals surface area contributed by atoms with Crippen LogP contribution in [-0.4, -0.2) is 137 Å². The van der Waals surface area contributed by atoms with Gasteiger partial charge in [-0.1, -0.05) is 49.8 Å². The van der Waals surface area contributed by atoms with E-state index in [1.54, 1.807) is 43.4 Å². The number of aldehydes is 1. The van der Waals surface area contributed by atoms with Crippen molar-refractivity contribution in [2.75, 3.05) is 71.4 Å². The van der Waals surface area contributed by atoms with Crippen LogP contribution in [-0.2, 0) is 20.9 Å². The number of methoxy groups -OCH3 is 2. The highest BCUT2D eigenvalue weighted by molar-refractivity contribution is 6.06. The number of amides is 4. The lowest BCUT2D eigenvalue weighted by Gasteiger charge is -2.31. The number of carbonyl (C=O) groups is 5. The number of carbonyl (C=O) groups excluding carboxylic acids is 5. The summed E-state index contributed by atoms with van der Waals surface area (Å²) in [6, 6.07) is 11.6. The maximum Gasteiger partial charge on any atom is 0.416 e. The average molecular weight is 938 g/mol. The topological polar surface area (TPSA) is 210 Å². The molecule has 4 N–H and O–H groups in total. The Balaban J connectivity index is 1.09. The highest BCUT2D eigenvalue weighted by atomic mass is 16.6. The van der Waals surface area contributed by atoms with Crippen LogP contribution in [0.2, 0.25) is 0 Å². The van der Waals surface area contributed by atoms with E-state index in [0.29, 0.717) is 72.7 Å². The van der Waals surface area contributed by atoms with Crippen molar-refractivity contribution in [3.8, 4) is 23.0 Å². The fourth-order valence-corrected chi connectivity index (χ4v) is 8.38. The average Bonchev–Trinajstić information content (AvgIpc) is 3.87. The third-order valence-electron chi connectivity index (χ3n) is 11.9. The standard InChI is InChI=1S/C50H63N7O11/c1-8-12-38(54-46(59)26-51-4)47(60)53-35-15-13-33(14-16-35)30-68-50(63)57-40-24-45(43(65-7)22-37(40)48(61)56-28-32(3)20-41(56)49(57)62)67-18-11-9-10-17-66-44-23-39(34(29-58)21-42(44)64-6)52-25-36-19-31(2)27-55(36)5/h13-16,21-25,29,36,38,41,49,51,62H,2-3,8-12,17-20,26-28,30H2,1,4-7H3,(H,53,60)(H,54,59). The van der Waals surface area contributed by atoms with Crippen molar-refractivity contribution in [2.24, 2.45) is 4.99 Å². The summed E-state index contributed by atoms with van der Waals surface area (Å²) in [5.74, 6) is 0.355. The SMILES string of the molecule is C=C1CC(C=Nc2cc(OCCCCCOc3cc4c(cc3OC)C(=O)N3CC(=C)CC3C(O)N4C(=O)OCc3ccc(NC(=O)C(CCC)NC(=O)CNC)cc3)c(OC)cc2C=O)N(C)C1. The summed E-state index contributed by atoms with van der Waals surface area (Å²) < 4.78 is 29.3. The van der Waals surface area contributed by atoms with Gasteiger partial charge in [-0.2, -0.15) is 0 Å². The van der Waals surface area contributed by atoms with E-state index < -0.39 is 30.3 Å². The van der Waals surface area contributed by atoms with Gasteiger partial charge in [0.05, 0.1) is 57.0 Å². The Kier molecular flexibility index (Phi) is 17.7. The first-order valence-electron chi connectivity index (χ1n) is 22.8. The number of fused-ring (bicyclic) bond motifs is 2. The summed E-state index contributed by atoms with van der Waals surface area (Å²) in [4.78, 5) is 74.5. The van der Waals surface area contributed by atoms with Crippen molar-refractivity contribution in [1.29, 1.82) is 0 Å². The molecular formula is C50H63N7O11. The Morgan fingerprint density at radius 3 is 2.24 bits per heavy atom. The first-order chi connectivity index (χ1) is 32.8. The van der Waals surface area contributed by atoms with Crippen molar-refractivity contribution in [3.63, 3.8) is 0 Å². The Bertz CT molecular complexity index is 2370. The van der Waals surface area contributed by atoms with E-state index in [1.807, 2.05) is 20.2 Å². The summed E-state index contributed by atoms with van der Waals surface area (Å²) in [6.07, 6.45) is 4.40. The number of hydrogen-bond donors (Lipinski definition) is 4. The minimum Gasteiger partial charge on any atom is -0.493 e. The van der Waals surface area contributed by atoms with Crippen LogP contribution in [0.25, 0.3) is 0 Å². The summed E-state index contributed by atoms with van der Waals surface area (Å²) >= 11 is 0. The third kappa shape index (κ3) is 12.4. The third-order valence-corrected chi connectivity index (χ3v) is 11.9. The van der Waals surface area contributed by atoms with Gasteiger partial charge < -0.3 is 49.6 Å². The molecule has 3 aliphatic heterocycles. The smallest absolute Gasteiger partial charge is 0.416 e. The molecule has 68 heavy (non-hydrogen) atoms. The molecule has 3 aliphatic rings. The molecule has 0 aromatic heterocycles. The molecule has 0 radical (unpaired) electrons. The molecule has 18 nitrogen and oxygen atoms in total. The van der Waals surface area contributed by atoms with Gasteiger partial charge in [0.2, 0.25) is 11.8 Å². The maximum absolute atomic E-state index is 14.1. The minimum atomic E-state index is -1.49. The number of rotatable bonds is 22. The van der Waals surface area contributed by atoms with E-state index in [1.165, 1.54) is 31.3 Å². The van der Waals surface area contributed by atoms with Gasteiger partial charge in [0.15, 0.2) is 35.5 Å². The van der Waals surface area contributed by atoms with Gasteiger partial charge in [0.1, 0.15) is 12.6 Å². The number of unbranched alkanes of at least 4 members (excludes halogenated alkanes) is 2. The molecule has 0 aliphatic carbocycles. The summed E-state index contributed by atoms with van der Waals surface area (Å²) in [6.45, 7) is 11.5. The molecule has 4 amide bonds. The Morgan fingerprint density at radius 1 is 0.926 bits per heavy atom. The number of hydrogen-bond acceptors (Lipinski definition) is 14. The molecule has 3 heterocycles. The van der Waals surface area contributed by atoms with Crippen LogP contribution in [0.5, 0.6) is 23.0 Å². The van der Waals surface area contributed by atoms with E-state index in [4.69, 9.17) is 23.7 Å². The lowest BCUT2D eigenvalue weighted by atomic mass is 10.1. The highest BCUT2D eigenvalue weighted by Gasteiger charge is 2.46. The van der Waals surface area contributed by atoms with Gasteiger partial charge in [0, 0.05) is 48.7 Å². The van der Waals surface area contributed by atoms with E-state index in [-0.39, 0.29) is 73.3 Å². The normalized spacial score (nSPS) is 18.4. The summed E-state index contributed by atoms with van der Waals surface area (Å²) in [7, 11) is 6.62.